The Morgan fingerprint density at radius 2 is 1.93 bits per heavy atom. The van der Waals surface area contributed by atoms with E-state index in [2.05, 4.69) is 34.4 Å². The molecular weight excluding hydrogens is 340 g/mol. The van der Waals surface area contributed by atoms with E-state index in [0.717, 1.165) is 37.7 Å². The van der Waals surface area contributed by atoms with Crippen molar-refractivity contribution in [2.75, 3.05) is 10.6 Å². The lowest BCUT2D eigenvalue weighted by Crippen LogP contribution is -2.21. The largest absolute Gasteiger partial charge is 0.483 e. The summed E-state index contributed by atoms with van der Waals surface area (Å²) in [5, 5.41) is 6.14. The molecule has 2 aromatic rings. The summed E-state index contributed by atoms with van der Waals surface area (Å²) >= 11 is 0. The van der Waals surface area contributed by atoms with Gasteiger partial charge >= 0.3 is 0 Å². The Labute approximate surface area is 161 Å². The lowest BCUT2D eigenvalue weighted by molar-refractivity contribution is -0.114. The minimum absolute atomic E-state index is 0.199. The number of aromatic nitrogens is 2. The van der Waals surface area contributed by atoms with Gasteiger partial charge in [-0.2, -0.15) is 4.98 Å². The lowest BCUT2D eigenvalue weighted by Gasteiger charge is -2.21. The number of nitrogens with one attached hydrogen (secondary N) is 2. The highest BCUT2D eigenvalue weighted by Gasteiger charge is 2.14. The normalized spacial score (nSPS) is 11.7. The van der Waals surface area contributed by atoms with Gasteiger partial charge in [0.15, 0.2) is 11.6 Å². The Hall–Kier alpha value is -2.63. The summed E-state index contributed by atoms with van der Waals surface area (Å²) in [4.78, 5) is 20.0. The molecule has 0 saturated carbocycles. The minimum atomic E-state index is -0.199. The highest BCUT2D eigenvalue weighted by atomic mass is 16.5. The Bertz CT molecular complexity index is 707. The summed E-state index contributed by atoms with van der Waals surface area (Å²) in [6.07, 6.45) is 7.14. The van der Waals surface area contributed by atoms with Crippen LogP contribution in [0, 0.1) is 0 Å². The van der Waals surface area contributed by atoms with E-state index in [1.54, 1.807) is 6.20 Å². The van der Waals surface area contributed by atoms with Crippen molar-refractivity contribution in [3.8, 4) is 5.75 Å². The van der Waals surface area contributed by atoms with Gasteiger partial charge in [0, 0.05) is 13.0 Å². The topological polar surface area (TPSA) is 76.1 Å². The maximum atomic E-state index is 11.3. The molecule has 0 aliphatic rings. The van der Waals surface area contributed by atoms with Crippen LogP contribution in [0.5, 0.6) is 5.75 Å². The molecule has 1 amide bonds. The minimum Gasteiger partial charge on any atom is -0.483 e. The number of hydrogen-bond donors (Lipinski definition) is 2. The molecule has 1 atom stereocenters. The smallest absolute Gasteiger partial charge is 0.231 e. The van der Waals surface area contributed by atoms with E-state index in [-0.39, 0.29) is 11.9 Å². The van der Waals surface area contributed by atoms with Crippen molar-refractivity contribution >= 4 is 17.7 Å². The lowest BCUT2D eigenvalue weighted by atomic mass is 10.1. The molecule has 146 valence electrons. The van der Waals surface area contributed by atoms with Crippen molar-refractivity contribution < 1.29 is 9.53 Å². The fourth-order valence-electron chi connectivity index (χ4n) is 2.81. The Balaban J connectivity index is 2.18. The number of carbonyl (C=O) groups excluding carboxylic acids is 1. The van der Waals surface area contributed by atoms with Crippen LogP contribution in [0.15, 0.2) is 36.5 Å². The van der Waals surface area contributed by atoms with Crippen molar-refractivity contribution in [2.24, 2.45) is 0 Å². The molecule has 1 aromatic carbocycles. The third kappa shape index (κ3) is 7.25. The third-order valence-electron chi connectivity index (χ3n) is 4.16. The van der Waals surface area contributed by atoms with Crippen molar-refractivity contribution in [3.05, 3.63) is 42.1 Å². The van der Waals surface area contributed by atoms with Crippen molar-refractivity contribution in [1.82, 2.24) is 9.97 Å². The number of amides is 1. The standard InChI is InChI=1S/C21H30N4O2/c1-4-6-13-18(10-5-2)24-20-19(14-22-21(25-20)23-16(3)26)27-15-17-11-8-7-9-12-17/h7-9,11-12,14,18H,4-6,10,13,15H2,1-3H3,(H2,22,23,24,25,26)/t18-/m1/s1. The van der Waals surface area contributed by atoms with Crippen LogP contribution in [0.3, 0.4) is 0 Å². The summed E-state index contributed by atoms with van der Waals surface area (Å²) in [6.45, 7) is 6.25. The second kappa shape index (κ2) is 11.2. The Kier molecular flexibility index (Phi) is 8.55. The van der Waals surface area contributed by atoms with Gasteiger partial charge in [0.05, 0.1) is 6.20 Å². The summed E-state index contributed by atoms with van der Waals surface area (Å²) in [5.74, 6) is 1.29. The van der Waals surface area contributed by atoms with E-state index in [0.29, 0.717) is 24.2 Å². The van der Waals surface area contributed by atoms with Gasteiger partial charge in [0.25, 0.3) is 0 Å². The van der Waals surface area contributed by atoms with Crippen LogP contribution < -0.4 is 15.4 Å². The molecule has 1 heterocycles. The average Bonchev–Trinajstić information content (AvgIpc) is 2.66. The van der Waals surface area contributed by atoms with Gasteiger partial charge in [0.2, 0.25) is 11.9 Å². The maximum Gasteiger partial charge on any atom is 0.231 e. The average molecular weight is 370 g/mol. The highest BCUT2D eigenvalue weighted by molar-refractivity contribution is 5.86. The Morgan fingerprint density at radius 3 is 2.59 bits per heavy atom. The quantitative estimate of drug-likeness (QED) is 0.595. The van der Waals surface area contributed by atoms with Crippen LogP contribution in [-0.2, 0) is 11.4 Å². The fraction of sp³-hybridized carbons (Fsp3) is 0.476. The fourth-order valence-corrected chi connectivity index (χ4v) is 2.81. The summed E-state index contributed by atoms with van der Waals surface area (Å²) < 4.78 is 5.97. The van der Waals surface area contributed by atoms with Crippen LogP contribution in [0.1, 0.15) is 58.4 Å². The number of rotatable bonds is 11. The molecule has 2 N–H and O–H groups in total. The summed E-state index contributed by atoms with van der Waals surface area (Å²) in [5.41, 5.74) is 1.07. The molecular formula is C21H30N4O2. The van der Waals surface area contributed by atoms with Gasteiger partial charge in [-0.25, -0.2) is 4.98 Å². The van der Waals surface area contributed by atoms with E-state index >= 15 is 0 Å². The number of hydrogen-bond acceptors (Lipinski definition) is 5. The van der Waals surface area contributed by atoms with Gasteiger partial charge in [-0.05, 0) is 18.4 Å². The number of carbonyl (C=O) groups is 1. The molecule has 27 heavy (non-hydrogen) atoms. The highest BCUT2D eigenvalue weighted by Crippen LogP contribution is 2.26. The molecule has 0 bridgehead atoms. The molecule has 1 aromatic heterocycles. The van der Waals surface area contributed by atoms with Crippen molar-refractivity contribution in [3.63, 3.8) is 0 Å². The molecule has 0 unspecified atom stereocenters. The number of nitrogens with zero attached hydrogens (tertiary/aromatic N) is 2. The summed E-state index contributed by atoms with van der Waals surface area (Å²) in [6, 6.07) is 10.3. The van der Waals surface area contributed by atoms with Crippen LogP contribution in [0.2, 0.25) is 0 Å². The monoisotopic (exact) mass is 370 g/mol. The van der Waals surface area contributed by atoms with Gasteiger partial charge in [-0.15, -0.1) is 0 Å². The third-order valence-corrected chi connectivity index (χ3v) is 4.16. The zero-order valence-electron chi connectivity index (χ0n) is 16.5. The molecule has 0 saturated heterocycles. The van der Waals surface area contributed by atoms with Crippen LogP contribution in [-0.4, -0.2) is 21.9 Å². The van der Waals surface area contributed by atoms with Crippen LogP contribution >= 0.6 is 0 Å². The number of ether oxygens (including phenoxy) is 1. The SMILES string of the molecule is CCCC[C@@H](CCC)Nc1nc(NC(C)=O)ncc1OCc1ccccc1. The van der Waals surface area contributed by atoms with Gasteiger partial charge in [-0.1, -0.05) is 63.4 Å². The molecule has 6 heteroatoms. The molecule has 6 nitrogen and oxygen atoms in total. The van der Waals surface area contributed by atoms with E-state index in [9.17, 15) is 4.79 Å². The second-order valence-electron chi connectivity index (χ2n) is 6.63. The predicted molar refractivity (Wildman–Crippen MR) is 109 cm³/mol. The molecule has 0 fully saturated rings. The van der Waals surface area contributed by atoms with E-state index in [1.165, 1.54) is 6.92 Å². The first-order valence-corrected chi connectivity index (χ1v) is 9.70. The zero-order chi connectivity index (χ0) is 19.5. The van der Waals surface area contributed by atoms with E-state index in [1.807, 2.05) is 30.3 Å². The first-order chi connectivity index (χ1) is 13.1. The predicted octanol–water partition coefficient (Wildman–Crippen LogP) is 4.78. The summed E-state index contributed by atoms with van der Waals surface area (Å²) in [7, 11) is 0. The van der Waals surface area contributed by atoms with E-state index < -0.39 is 0 Å². The van der Waals surface area contributed by atoms with Gasteiger partial charge in [-0.3, -0.25) is 10.1 Å². The number of unbranched alkanes of at least 4 members (excludes halogenated alkanes) is 1. The van der Waals surface area contributed by atoms with Crippen molar-refractivity contribution in [1.29, 1.82) is 0 Å². The number of anilines is 2. The van der Waals surface area contributed by atoms with Crippen LogP contribution in [0.4, 0.5) is 11.8 Å². The van der Waals surface area contributed by atoms with Crippen molar-refractivity contribution in [2.45, 2.75) is 65.5 Å². The maximum absolute atomic E-state index is 11.3. The second-order valence-corrected chi connectivity index (χ2v) is 6.63. The van der Waals surface area contributed by atoms with Gasteiger partial charge < -0.3 is 10.1 Å². The molecule has 0 spiro atoms. The molecule has 0 aliphatic heterocycles. The Morgan fingerprint density at radius 1 is 1.15 bits per heavy atom. The molecule has 2 rings (SSSR count). The zero-order valence-corrected chi connectivity index (χ0v) is 16.5. The molecule has 0 radical (unpaired) electrons. The molecule has 0 aliphatic carbocycles. The first-order valence-electron chi connectivity index (χ1n) is 9.70. The van der Waals surface area contributed by atoms with Gasteiger partial charge in [0.1, 0.15) is 6.61 Å². The van der Waals surface area contributed by atoms with E-state index in [4.69, 9.17) is 4.74 Å². The first kappa shape index (κ1) is 20.7. The number of benzene rings is 1. The van der Waals surface area contributed by atoms with Crippen LogP contribution in [0.25, 0.3) is 0 Å².